The maximum atomic E-state index is 13.6. The summed E-state index contributed by atoms with van der Waals surface area (Å²) >= 11 is 5.99. The predicted octanol–water partition coefficient (Wildman–Crippen LogP) is 4.65. The van der Waals surface area contributed by atoms with Crippen molar-refractivity contribution >= 4 is 11.6 Å². The third-order valence-electron chi connectivity index (χ3n) is 3.17. The molecular formula is C16H15ClF3N. The average molecular weight is 314 g/mol. The third kappa shape index (κ3) is 3.99. The minimum Gasteiger partial charge on any atom is -0.310 e. The molecule has 0 amide bonds. The highest BCUT2D eigenvalue weighted by atomic mass is 35.5. The average Bonchev–Trinajstić information content (AvgIpc) is 2.40. The molecule has 5 heteroatoms. The summed E-state index contributed by atoms with van der Waals surface area (Å²) in [5.41, 5.74) is 1.06. The molecule has 0 fully saturated rings. The SMILES string of the molecule is CCNC(Cc1cc(F)cc(F)c1)c1cccc(F)c1Cl. The Kier molecular flexibility index (Phi) is 5.26. The van der Waals surface area contributed by atoms with E-state index in [4.69, 9.17) is 11.6 Å². The van der Waals surface area contributed by atoms with Gasteiger partial charge in [0.1, 0.15) is 17.5 Å². The fourth-order valence-electron chi connectivity index (χ4n) is 2.29. The molecule has 0 saturated heterocycles. The summed E-state index contributed by atoms with van der Waals surface area (Å²) in [7, 11) is 0. The molecule has 2 rings (SSSR count). The molecule has 0 heterocycles. The molecule has 2 aromatic carbocycles. The molecule has 0 bridgehead atoms. The van der Waals surface area contributed by atoms with Gasteiger partial charge in [0.15, 0.2) is 0 Å². The van der Waals surface area contributed by atoms with Gasteiger partial charge in [-0.3, -0.25) is 0 Å². The Bertz CT molecular complexity index is 611. The number of benzene rings is 2. The Labute approximate surface area is 126 Å². The molecule has 1 unspecified atom stereocenters. The van der Waals surface area contributed by atoms with Gasteiger partial charge in [0.2, 0.25) is 0 Å². The first-order valence-corrected chi connectivity index (χ1v) is 7.01. The monoisotopic (exact) mass is 313 g/mol. The highest BCUT2D eigenvalue weighted by molar-refractivity contribution is 6.31. The van der Waals surface area contributed by atoms with Crippen molar-refractivity contribution < 1.29 is 13.2 Å². The Morgan fingerprint density at radius 2 is 1.76 bits per heavy atom. The standard InChI is InChI=1S/C16H15ClF3N/c1-2-21-15(13-4-3-5-14(20)16(13)17)8-10-6-11(18)9-12(19)7-10/h3-7,9,15,21H,2,8H2,1H3. The van der Waals surface area contributed by atoms with Gasteiger partial charge in [-0.25, -0.2) is 13.2 Å². The van der Waals surface area contributed by atoms with Crippen molar-refractivity contribution in [2.24, 2.45) is 0 Å². The number of rotatable bonds is 5. The second-order valence-electron chi connectivity index (χ2n) is 4.74. The maximum absolute atomic E-state index is 13.6. The van der Waals surface area contributed by atoms with Crippen LogP contribution in [0.1, 0.15) is 24.1 Å². The molecule has 1 atom stereocenters. The van der Waals surface area contributed by atoms with Gasteiger partial charge >= 0.3 is 0 Å². The number of halogens is 4. The molecule has 0 aliphatic rings. The van der Waals surface area contributed by atoms with Crippen LogP contribution in [0.3, 0.4) is 0 Å². The van der Waals surface area contributed by atoms with Crippen molar-refractivity contribution in [1.82, 2.24) is 5.32 Å². The minimum absolute atomic E-state index is 0.0281. The zero-order chi connectivity index (χ0) is 15.4. The van der Waals surface area contributed by atoms with Crippen LogP contribution < -0.4 is 5.32 Å². The topological polar surface area (TPSA) is 12.0 Å². The number of nitrogens with one attached hydrogen (secondary N) is 1. The van der Waals surface area contributed by atoms with Crippen molar-refractivity contribution in [1.29, 1.82) is 0 Å². The first-order chi connectivity index (χ1) is 10.0. The van der Waals surface area contributed by atoms with Crippen molar-refractivity contribution in [3.63, 3.8) is 0 Å². The normalized spacial score (nSPS) is 12.4. The predicted molar refractivity (Wildman–Crippen MR) is 77.9 cm³/mol. The van der Waals surface area contributed by atoms with Crippen LogP contribution in [-0.4, -0.2) is 6.54 Å². The Hall–Kier alpha value is -1.52. The molecule has 21 heavy (non-hydrogen) atoms. The van der Waals surface area contributed by atoms with E-state index in [0.717, 1.165) is 6.07 Å². The van der Waals surface area contributed by atoms with Gasteiger partial charge in [-0.05, 0) is 42.3 Å². The molecule has 0 aliphatic heterocycles. The Morgan fingerprint density at radius 3 is 2.38 bits per heavy atom. The van der Waals surface area contributed by atoms with E-state index in [-0.39, 0.29) is 11.1 Å². The first kappa shape index (κ1) is 15.9. The molecule has 0 saturated carbocycles. The lowest BCUT2D eigenvalue weighted by Crippen LogP contribution is -2.23. The van der Waals surface area contributed by atoms with Crippen molar-refractivity contribution in [2.75, 3.05) is 6.54 Å². The van der Waals surface area contributed by atoms with Crippen LogP contribution in [0.4, 0.5) is 13.2 Å². The van der Waals surface area contributed by atoms with Crippen molar-refractivity contribution in [3.8, 4) is 0 Å². The van der Waals surface area contributed by atoms with Gasteiger partial charge in [0.05, 0.1) is 5.02 Å². The number of hydrogen-bond acceptors (Lipinski definition) is 1. The van der Waals surface area contributed by atoms with Crippen LogP contribution in [-0.2, 0) is 6.42 Å². The lowest BCUT2D eigenvalue weighted by Gasteiger charge is -2.20. The van der Waals surface area contributed by atoms with Gasteiger partial charge in [-0.1, -0.05) is 30.7 Å². The summed E-state index contributed by atoms with van der Waals surface area (Å²) < 4.78 is 40.1. The number of hydrogen-bond donors (Lipinski definition) is 1. The Morgan fingerprint density at radius 1 is 1.10 bits per heavy atom. The molecule has 0 aromatic heterocycles. The molecule has 0 radical (unpaired) electrons. The molecule has 0 aliphatic carbocycles. The van der Waals surface area contributed by atoms with Crippen LogP contribution in [0.2, 0.25) is 5.02 Å². The van der Waals surface area contributed by atoms with E-state index in [9.17, 15) is 13.2 Å². The lowest BCUT2D eigenvalue weighted by molar-refractivity contribution is 0.534. The minimum atomic E-state index is -0.634. The second-order valence-corrected chi connectivity index (χ2v) is 5.11. The van der Waals surface area contributed by atoms with E-state index in [0.29, 0.717) is 24.1 Å². The Balaban J connectivity index is 2.32. The second kappa shape index (κ2) is 6.96. The van der Waals surface area contributed by atoms with Crippen LogP contribution in [0.15, 0.2) is 36.4 Å². The van der Waals surface area contributed by atoms with Crippen LogP contribution >= 0.6 is 11.6 Å². The van der Waals surface area contributed by atoms with Crippen molar-refractivity contribution in [3.05, 3.63) is 70.0 Å². The molecule has 0 spiro atoms. The molecule has 1 N–H and O–H groups in total. The molecule has 1 nitrogen and oxygen atoms in total. The molecule has 2 aromatic rings. The van der Waals surface area contributed by atoms with E-state index in [1.54, 1.807) is 12.1 Å². The highest BCUT2D eigenvalue weighted by Crippen LogP contribution is 2.28. The summed E-state index contributed by atoms with van der Waals surface area (Å²) in [5, 5.41) is 3.19. The largest absolute Gasteiger partial charge is 0.310 e. The summed E-state index contributed by atoms with van der Waals surface area (Å²) in [6.07, 6.45) is 0.311. The van der Waals surface area contributed by atoms with Gasteiger partial charge in [-0.15, -0.1) is 0 Å². The van der Waals surface area contributed by atoms with Crippen molar-refractivity contribution in [2.45, 2.75) is 19.4 Å². The first-order valence-electron chi connectivity index (χ1n) is 6.63. The van der Waals surface area contributed by atoms with Crippen LogP contribution in [0, 0.1) is 17.5 Å². The van der Waals surface area contributed by atoms with Gasteiger partial charge < -0.3 is 5.32 Å². The molecular weight excluding hydrogens is 299 g/mol. The van der Waals surface area contributed by atoms with E-state index >= 15 is 0 Å². The van der Waals surface area contributed by atoms with Crippen LogP contribution in [0.25, 0.3) is 0 Å². The van der Waals surface area contributed by atoms with Crippen LogP contribution in [0.5, 0.6) is 0 Å². The summed E-state index contributed by atoms with van der Waals surface area (Å²) in [4.78, 5) is 0. The van der Waals surface area contributed by atoms with Gasteiger partial charge in [0.25, 0.3) is 0 Å². The maximum Gasteiger partial charge on any atom is 0.142 e. The quantitative estimate of drug-likeness (QED) is 0.847. The summed E-state index contributed by atoms with van der Waals surface area (Å²) in [6, 6.07) is 7.57. The van der Waals surface area contributed by atoms with E-state index in [1.807, 2.05) is 6.92 Å². The summed E-state index contributed by atoms with van der Waals surface area (Å²) in [6.45, 7) is 2.52. The van der Waals surface area contributed by atoms with E-state index < -0.39 is 17.5 Å². The zero-order valence-corrected chi connectivity index (χ0v) is 12.2. The zero-order valence-electron chi connectivity index (χ0n) is 11.5. The van der Waals surface area contributed by atoms with E-state index in [1.165, 1.54) is 18.2 Å². The highest BCUT2D eigenvalue weighted by Gasteiger charge is 2.17. The molecule has 112 valence electrons. The lowest BCUT2D eigenvalue weighted by atomic mass is 9.98. The smallest absolute Gasteiger partial charge is 0.142 e. The fourth-order valence-corrected chi connectivity index (χ4v) is 2.55. The van der Waals surface area contributed by atoms with Gasteiger partial charge in [0, 0.05) is 12.1 Å². The fraction of sp³-hybridized carbons (Fsp3) is 0.250. The van der Waals surface area contributed by atoms with E-state index in [2.05, 4.69) is 5.32 Å². The van der Waals surface area contributed by atoms with Gasteiger partial charge in [-0.2, -0.15) is 0 Å². The number of likely N-dealkylation sites (N-methyl/N-ethyl adjacent to an activating group) is 1. The summed E-state index contributed by atoms with van der Waals surface area (Å²) in [5.74, 6) is -1.78. The third-order valence-corrected chi connectivity index (χ3v) is 3.57.